The minimum atomic E-state index is -0.558. The summed E-state index contributed by atoms with van der Waals surface area (Å²) in [4.78, 5) is 13.2. The zero-order valence-corrected chi connectivity index (χ0v) is 18.1. The summed E-state index contributed by atoms with van der Waals surface area (Å²) < 4.78 is 18.4. The van der Waals surface area contributed by atoms with Crippen molar-refractivity contribution in [1.29, 1.82) is 0 Å². The van der Waals surface area contributed by atoms with E-state index in [0.29, 0.717) is 23.5 Å². The first-order valence-electron chi connectivity index (χ1n) is 10.5. The van der Waals surface area contributed by atoms with Crippen LogP contribution in [0, 0.1) is 0 Å². The molecular weight excluding hydrogens is 396 g/mol. The maximum absolute atomic E-state index is 13.2. The third-order valence-electron chi connectivity index (χ3n) is 6.26. The highest BCUT2D eigenvalue weighted by Crippen LogP contribution is 2.53. The Morgan fingerprint density at radius 2 is 1.74 bits per heavy atom. The summed E-state index contributed by atoms with van der Waals surface area (Å²) >= 11 is 0. The lowest BCUT2D eigenvalue weighted by atomic mass is 9.87. The molecule has 0 spiro atoms. The standard InChI is InChI=1S/C25H26O6/c1-24(2)10-9-15-21(28)20-17(27)12-18(13-5-7-14(26)8-6-13)29-23(20)16(22(15)31-24)11-19-25(3,4)30-19/h5-10,18-19,26,28H,11-12H2,1-4H3. The molecule has 3 aliphatic heterocycles. The fourth-order valence-corrected chi connectivity index (χ4v) is 4.33. The molecule has 2 unspecified atom stereocenters. The second kappa shape index (κ2) is 6.50. The average molecular weight is 422 g/mol. The lowest BCUT2D eigenvalue weighted by Crippen LogP contribution is -2.30. The van der Waals surface area contributed by atoms with Crippen LogP contribution in [0.25, 0.3) is 6.08 Å². The highest BCUT2D eigenvalue weighted by Gasteiger charge is 2.49. The molecule has 1 fully saturated rings. The Morgan fingerprint density at radius 3 is 2.39 bits per heavy atom. The number of aromatic hydroxyl groups is 2. The molecule has 2 N–H and O–H groups in total. The molecule has 0 aliphatic carbocycles. The number of rotatable bonds is 3. The van der Waals surface area contributed by atoms with Crippen molar-refractivity contribution in [2.24, 2.45) is 0 Å². The third kappa shape index (κ3) is 3.35. The lowest BCUT2D eigenvalue weighted by molar-refractivity contribution is 0.0838. The van der Waals surface area contributed by atoms with E-state index in [2.05, 4.69) is 0 Å². The number of ketones is 1. The van der Waals surface area contributed by atoms with Crippen LogP contribution in [0.3, 0.4) is 0 Å². The summed E-state index contributed by atoms with van der Waals surface area (Å²) in [6.45, 7) is 7.92. The molecule has 6 heteroatoms. The predicted molar refractivity (Wildman–Crippen MR) is 115 cm³/mol. The molecule has 2 atom stereocenters. The number of benzene rings is 2. The highest BCUT2D eigenvalue weighted by molar-refractivity contribution is 6.05. The van der Waals surface area contributed by atoms with Crippen molar-refractivity contribution in [2.45, 2.75) is 63.9 Å². The molecule has 0 saturated carbocycles. The van der Waals surface area contributed by atoms with E-state index in [4.69, 9.17) is 14.2 Å². The van der Waals surface area contributed by atoms with Crippen LogP contribution >= 0.6 is 0 Å². The number of phenols is 2. The van der Waals surface area contributed by atoms with Crippen LogP contribution in [0.1, 0.15) is 67.3 Å². The van der Waals surface area contributed by atoms with Gasteiger partial charge in [0.25, 0.3) is 0 Å². The zero-order chi connectivity index (χ0) is 22.1. The topological polar surface area (TPSA) is 88.5 Å². The van der Waals surface area contributed by atoms with E-state index >= 15 is 0 Å². The lowest BCUT2D eigenvalue weighted by Gasteiger charge is -2.34. The molecule has 5 rings (SSSR count). The zero-order valence-electron chi connectivity index (χ0n) is 18.1. The predicted octanol–water partition coefficient (Wildman–Crippen LogP) is 4.71. The molecule has 31 heavy (non-hydrogen) atoms. The van der Waals surface area contributed by atoms with E-state index in [1.807, 2.05) is 39.8 Å². The van der Waals surface area contributed by atoms with Crippen molar-refractivity contribution in [1.82, 2.24) is 0 Å². The Morgan fingerprint density at radius 1 is 1.06 bits per heavy atom. The quantitative estimate of drug-likeness (QED) is 0.697. The Labute approximate surface area is 181 Å². The molecule has 0 amide bonds. The molecule has 162 valence electrons. The van der Waals surface area contributed by atoms with Gasteiger partial charge < -0.3 is 24.4 Å². The van der Waals surface area contributed by atoms with Crippen LogP contribution in [0.15, 0.2) is 30.3 Å². The molecule has 3 heterocycles. The van der Waals surface area contributed by atoms with E-state index in [1.54, 1.807) is 24.3 Å². The van der Waals surface area contributed by atoms with Crippen molar-refractivity contribution in [3.63, 3.8) is 0 Å². The third-order valence-corrected chi connectivity index (χ3v) is 6.26. The second-order valence-electron chi connectivity index (χ2n) is 9.55. The first-order chi connectivity index (χ1) is 14.6. The van der Waals surface area contributed by atoms with Crippen LogP contribution in [0.4, 0.5) is 0 Å². The van der Waals surface area contributed by atoms with Gasteiger partial charge in [-0.2, -0.15) is 0 Å². The number of carbonyl (C=O) groups is 1. The summed E-state index contributed by atoms with van der Waals surface area (Å²) in [5.41, 5.74) is 1.42. The number of hydrogen-bond donors (Lipinski definition) is 2. The second-order valence-corrected chi connectivity index (χ2v) is 9.55. The Hall–Kier alpha value is -2.99. The number of carbonyl (C=O) groups excluding carboxylic acids is 1. The van der Waals surface area contributed by atoms with Crippen molar-refractivity contribution in [2.75, 3.05) is 0 Å². The van der Waals surface area contributed by atoms with Crippen molar-refractivity contribution < 1.29 is 29.2 Å². The Kier molecular flexibility index (Phi) is 4.18. The number of phenolic OH excluding ortho intramolecular Hbond substituents is 2. The van der Waals surface area contributed by atoms with Crippen molar-refractivity contribution in [3.05, 3.63) is 52.6 Å². The van der Waals surface area contributed by atoms with Gasteiger partial charge in [0, 0.05) is 12.0 Å². The summed E-state index contributed by atoms with van der Waals surface area (Å²) in [7, 11) is 0. The van der Waals surface area contributed by atoms with E-state index in [-0.39, 0.29) is 41.0 Å². The van der Waals surface area contributed by atoms with Crippen LogP contribution in [0.5, 0.6) is 23.0 Å². The van der Waals surface area contributed by atoms with Crippen LogP contribution < -0.4 is 9.47 Å². The highest BCUT2D eigenvalue weighted by atomic mass is 16.6. The molecule has 0 bridgehead atoms. The number of ether oxygens (including phenoxy) is 3. The maximum atomic E-state index is 13.2. The number of hydrogen-bond acceptors (Lipinski definition) is 6. The normalized spacial score (nSPS) is 24.6. The first kappa shape index (κ1) is 19.9. The van der Waals surface area contributed by atoms with E-state index < -0.39 is 11.7 Å². The van der Waals surface area contributed by atoms with Gasteiger partial charge in [-0.25, -0.2) is 0 Å². The Bertz CT molecular complexity index is 1110. The van der Waals surface area contributed by atoms with E-state index in [0.717, 1.165) is 11.1 Å². The van der Waals surface area contributed by atoms with Gasteiger partial charge >= 0.3 is 0 Å². The van der Waals surface area contributed by atoms with Crippen LogP contribution in [0.2, 0.25) is 0 Å². The minimum absolute atomic E-state index is 0.0318. The molecule has 0 radical (unpaired) electrons. The largest absolute Gasteiger partial charge is 0.508 e. The SMILES string of the molecule is CC1(C)C=Cc2c(O)c3c(c(CC4OC4(C)C)c2O1)OC(c1ccc(O)cc1)CC3=O. The number of epoxide rings is 1. The summed E-state index contributed by atoms with van der Waals surface area (Å²) in [5, 5.41) is 20.6. The van der Waals surface area contributed by atoms with Gasteiger partial charge in [0.2, 0.25) is 0 Å². The van der Waals surface area contributed by atoms with Gasteiger partial charge in [-0.3, -0.25) is 4.79 Å². The molecule has 0 aromatic heterocycles. The Balaban J connectivity index is 1.66. The van der Waals surface area contributed by atoms with E-state index in [9.17, 15) is 15.0 Å². The summed E-state index contributed by atoms with van der Waals surface area (Å²) in [6, 6.07) is 6.62. The van der Waals surface area contributed by atoms with Gasteiger partial charge in [0.1, 0.15) is 40.3 Å². The van der Waals surface area contributed by atoms with Gasteiger partial charge in [0.05, 0.1) is 23.7 Å². The molecule has 3 aliphatic rings. The van der Waals surface area contributed by atoms with Gasteiger partial charge in [-0.15, -0.1) is 0 Å². The number of Topliss-reactive ketones (excluding diaryl/α,β-unsaturated/α-hetero) is 1. The average Bonchev–Trinajstić information content (AvgIpc) is 3.30. The molecule has 2 aromatic rings. The maximum Gasteiger partial charge on any atom is 0.174 e. The fourth-order valence-electron chi connectivity index (χ4n) is 4.33. The van der Waals surface area contributed by atoms with Crippen LogP contribution in [-0.4, -0.2) is 33.3 Å². The minimum Gasteiger partial charge on any atom is -0.508 e. The smallest absolute Gasteiger partial charge is 0.174 e. The summed E-state index contributed by atoms with van der Waals surface area (Å²) in [6.07, 6.45) is 3.75. The van der Waals surface area contributed by atoms with Gasteiger partial charge in [-0.05, 0) is 57.5 Å². The number of fused-ring (bicyclic) bond motifs is 2. The molecule has 1 saturated heterocycles. The molecule has 6 nitrogen and oxygen atoms in total. The molecule has 2 aromatic carbocycles. The first-order valence-corrected chi connectivity index (χ1v) is 10.5. The van der Waals surface area contributed by atoms with E-state index in [1.165, 1.54) is 0 Å². The summed E-state index contributed by atoms with van der Waals surface area (Å²) in [5.74, 6) is 0.757. The van der Waals surface area contributed by atoms with Crippen molar-refractivity contribution in [3.8, 4) is 23.0 Å². The fraction of sp³-hybridized carbons (Fsp3) is 0.400. The molecular formula is C25H26O6. The van der Waals surface area contributed by atoms with Gasteiger partial charge in [-0.1, -0.05) is 12.1 Å². The van der Waals surface area contributed by atoms with Crippen LogP contribution in [-0.2, 0) is 11.2 Å². The van der Waals surface area contributed by atoms with Crippen molar-refractivity contribution >= 4 is 11.9 Å². The van der Waals surface area contributed by atoms with Gasteiger partial charge in [0.15, 0.2) is 5.78 Å². The monoisotopic (exact) mass is 422 g/mol.